The standard InChI is InChI=1S/C19H19F3N2O5S.H2S/c1-28-17-5-3-13(30(26,27)24-12-6-7-29-10-12)9-15(17)19(25)23-11-2-4-16(20)14(8-11)18(21)22;/h2-5,8-9,12,18,24H,6-7,10H2,1H3,(H,23,25);1H2/t12-;/m0./s1. The van der Waals surface area contributed by atoms with Crippen molar-refractivity contribution in [3.63, 3.8) is 0 Å². The normalized spacial score (nSPS) is 16.1. The van der Waals surface area contributed by atoms with Gasteiger partial charge in [-0.1, -0.05) is 0 Å². The number of ether oxygens (including phenoxy) is 2. The molecule has 7 nitrogen and oxygen atoms in total. The maximum absolute atomic E-state index is 13.5. The molecule has 1 amide bonds. The number of methoxy groups -OCH3 is 1. The van der Waals surface area contributed by atoms with Crippen molar-refractivity contribution in [3.8, 4) is 5.75 Å². The molecule has 1 aliphatic rings. The first-order valence-electron chi connectivity index (χ1n) is 8.88. The van der Waals surface area contributed by atoms with E-state index in [1.54, 1.807) is 0 Å². The first-order chi connectivity index (χ1) is 14.2. The number of rotatable bonds is 7. The highest BCUT2D eigenvalue weighted by atomic mass is 32.2. The van der Waals surface area contributed by atoms with Crippen LogP contribution >= 0.6 is 13.5 Å². The maximum atomic E-state index is 13.5. The van der Waals surface area contributed by atoms with Gasteiger partial charge in [0.05, 0.1) is 29.7 Å². The monoisotopic (exact) mass is 478 g/mol. The smallest absolute Gasteiger partial charge is 0.266 e. The molecule has 170 valence electrons. The van der Waals surface area contributed by atoms with Gasteiger partial charge < -0.3 is 14.8 Å². The summed E-state index contributed by atoms with van der Waals surface area (Å²) in [6.07, 6.45) is -2.53. The number of nitrogens with one attached hydrogen (secondary N) is 2. The van der Waals surface area contributed by atoms with Gasteiger partial charge in [0.1, 0.15) is 11.6 Å². The third-order valence-electron chi connectivity index (χ3n) is 4.47. The van der Waals surface area contributed by atoms with Gasteiger partial charge in [-0.05, 0) is 42.8 Å². The van der Waals surface area contributed by atoms with Gasteiger partial charge in [-0.25, -0.2) is 26.3 Å². The van der Waals surface area contributed by atoms with Gasteiger partial charge in [-0.15, -0.1) is 0 Å². The summed E-state index contributed by atoms with van der Waals surface area (Å²) in [6, 6.07) is 6.07. The number of hydrogen-bond donors (Lipinski definition) is 2. The number of amides is 1. The summed E-state index contributed by atoms with van der Waals surface area (Å²) in [5, 5.41) is 2.35. The van der Waals surface area contributed by atoms with Crippen molar-refractivity contribution in [2.75, 3.05) is 25.6 Å². The number of anilines is 1. The fourth-order valence-corrected chi connectivity index (χ4v) is 4.21. The van der Waals surface area contributed by atoms with E-state index in [0.29, 0.717) is 13.0 Å². The Balaban J connectivity index is 0.00000341. The van der Waals surface area contributed by atoms with Crippen molar-refractivity contribution in [3.05, 3.63) is 53.3 Å². The Morgan fingerprint density at radius 2 is 1.97 bits per heavy atom. The Labute approximate surface area is 184 Å². The average Bonchev–Trinajstić information content (AvgIpc) is 3.20. The second kappa shape index (κ2) is 10.4. The number of benzene rings is 2. The van der Waals surface area contributed by atoms with E-state index in [2.05, 4.69) is 10.0 Å². The molecule has 1 fully saturated rings. The van der Waals surface area contributed by atoms with Gasteiger partial charge in [0.15, 0.2) is 0 Å². The molecule has 2 N–H and O–H groups in total. The van der Waals surface area contributed by atoms with Crippen molar-refractivity contribution in [2.24, 2.45) is 0 Å². The molecule has 0 aromatic heterocycles. The van der Waals surface area contributed by atoms with Crippen LogP contribution in [0.1, 0.15) is 28.8 Å². The summed E-state index contributed by atoms with van der Waals surface area (Å²) in [5.74, 6) is -1.83. The molecular formula is C19H21F3N2O5S2. The van der Waals surface area contributed by atoms with E-state index in [1.807, 2.05) is 0 Å². The number of hydrogen-bond acceptors (Lipinski definition) is 5. The lowest BCUT2D eigenvalue weighted by Crippen LogP contribution is -2.35. The van der Waals surface area contributed by atoms with Crippen molar-refractivity contribution in [2.45, 2.75) is 23.8 Å². The van der Waals surface area contributed by atoms with Crippen LogP contribution in [0, 0.1) is 5.82 Å². The van der Waals surface area contributed by atoms with E-state index in [9.17, 15) is 26.4 Å². The van der Waals surface area contributed by atoms with Crippen LogP contribution in [0.15, 0.2) is 41.3 Å². The summed E-state index contributed by atoms with van der Waals surface area (Å²) in [7, 11) is -2.64. The molecule has 2 aromatic carbocycles. The van der Waals surface area contributed by atoms with Crippen molar-refractivity contribution in [1.29, 1.82) is 0 Å². The molecule has 2 aromatic rings. The number of halogens is 3. The molecular weight excluding hydrogens is 457 g/mol. The minimum atomic E-state index is -3.94. The molecule has 31 heavy (non-hydrogen) atoms. The summed E-state index contributed by atoms with van der Waals surface area (Å²) in [4.78, 5) is 12.5. The van der Waals surface area contributed by atoms with Crippen molar-refractivity contribution < 1.29 is 35.9 Å². The van der Waals surface area contributed by atoms with E-state index in [0.717, 1.165) is 24.3 Å². The Kier molecular flexibility index (Phi) is 8.34. The quantitative estimate of drug-likeness (QED) is 0.638. The van der Waals surface area contributed by atoms with Crippen molar-refractivity contribution >= 4 is 35.1 Å². The van der Waals surface area contributed by atoms with Crippen LogP contribution in [0.4, 0.5) is 18.9 Å². The zero-order valence-corrected chi connectivity index (χ0v) is 18.1. The van der Waals surface area contributed by atoms with Crippen LogP contribution in [-0.2, 0) is 14.8 Å². The van der Waals surface area contributed by atoms with Gasteiger partial charge in [0, 0.05) is 18.3 Å². The van der Waals surface area contributed by atoms with E-state index in [-0.39, 0.29) is 48.0 Å². The summed E-state index contributed by atoms with van der Waals surface area (Å²) >= 11 is 0. The van der Waals surface area contributed by atoms with Crippen LogP contribution in [0.2, 0.25) is 0 Å². The highest BCUT2D eigenvalue weighted by molar-refractivity contribution is 7.89. The van der Waals surface area contributed by atoms with Gasteiger partial charge in [0.2, 0.25) is 10.0 Å². The molecule has 3 rings (SSSR count). The molecule has 1 heterocycles. The second-order valence-electron chi connectivity index (χ2n) is 6.54. The molecule has 0 aliphatic carbocycles. The fraction of sp³-hybridized carbons (Fsp3) is 0.316. The summed E-state index contributed by atoms with van der Waals surface area (Å²) in [5.41, 5.74) is -1.07. The number of carbonyl (C=O) groups excluding carboxylic acids is 1. The SMILES string of the molecule is COc1ccc(S(=O)(=O)N[C@H]2CCOC2)cc1C(=O)Nc1ccc(F)c(C(F)F)c1.S. The Hall–Kier alpha value is -2.28. The number of sulfonamides is 1. The molecule has 1 aliphatic heterocycles. The summed E-state index contributed by atoms with van der Waals surface area (Å²) in [6.45, 7) is 0.696. The van der Waals surface area contributed by atoms with E-state index >= 15 is 0 Å². The topological polar surface area (TPSA) is 93.7 Å². The highest BCUT2D eigenvalue weighted by Crippen LogP contribution is 2.27. The lowest BCUT2D eigenvalue weighted by Gasteiger charge is -2.14. The fourth-order valence-electron chi connectivity index (χ4n) is 2.93. The third kappa shape index (κ3) is 5.91. The lowest BCUT2D eigenvalue weighted by molar-refractivity contribution is 0.102. The number of carbonyl (C=O) groups is 1. The van der Waals surface area contributed by atoms with Gasteiger partial charge >= 0.3 is 0 Å². The first-order valence-corrected chi connectivity index (χ1v) is 10.4. The first kappa shape index (κ1) is 25.0. The molecule has 1 saturated heterocycles. The van der Waals surface area contributed by atoms with E-state index in [4.69, 9.17) is 9.47 Å². The molecule has 0 saturated carbocycles. The van der Waals surface area contributed by atoms with E-state index < -0.39 is 33.7 Å². The third-order valence-corrected chi connectivity index (χ3v) is 5.98. The van der Waals surface area contributed by atoms with Crippen molar-refractivity contribution in [1.82, 2.24) is 4.72 Å². The molecule has 0 bridgehead atoms. The summed E-state index contributed by atoms with van der Waals surface area (Å²) < 4.78 is 77.2. The Bertz CT molecular complexity index is 1040. The molecule has 0 spiro atoms. The van der Waals surface area contributed by atoms with Gasteiger partial charge in [0.25, 0.3) is 12.3 Å². The highest BCUT2D eigenvalue weighted by Gasteiger charge is 2.25. The maximum Gasteiger partial charge on any atom is 0.266 e. The Morgan fingerprint density at radius 1 is 1.23 bits per heavy atom. The average molecular weight is 479 g/mol. The predicted octanol–water partition coefficient (Wildman–Crippen LogP) is 3.20. The zero-order chi connectivity index (χ0) is 21.9. The van der Waals surface area contributed by atoms with Crippen LogP contribution in [0.3, 0.4) is 0 Å². The lowest BCUT2D eigenvalue weighted by atomic mass is 10.1. The molecule has 0 radical (unpaired) electrons. The number of alkyl halides is 2. The minimum Gasteiger partial charge on any atom is -0.496 e. The molecule has 1 atom stereocenters. The minimum absolute atomic E-state index is 0. The zero-order valence-electron chi connectivity index (χ0n) is 16.3. The van der Waals surface area contributed by atoms with Crippen LogP contribution < -0.4 is 14.8 Å². The predicted molar refractivity (Wildman–Crippen MR) is 112 cm³/mol. The largest absolute Gasteiger partial charge is 0.496 e. The van der Waals surface area contributed by atoms with E-state index in [1.165, 1.54) is 19.2 Å². The van der Waals surface area contributed by atoms with Crippen LogP contribution in [-0.4, -0.2) is 40.7 Å². The van der Waals surface area contributed by atoms with Crippen LogP contribution in [0.5, 0.6) is 5.75 Å². The second-order valence-corrected chi connectivity index (χ2v) is 8.25. The van der Waals surface area contributed by atoms with Gasteiger partial charge in [-0.3, -0.25) is 4.79 Å². The Morgan fingerprint density at radius 3 is 2.58 bits per heavy atom. The van der Waals surface area contributed by atoms with Crippen LogP contribution in [0.25, 0.3) is 0 Å². The molecule has 12 heteroatoms. The van der Waals surface area contributed by atoms with Gasteiger partial charge in [-0.2, -0.15) is 13.5 Å². The molecule has 0 unspecified atom stereocenters.